The molecule has 0 aliphatic carbocycles. The minimum Gasteiger partial charge on any atom is -0.497 e. The highest BCUT2D eigenvalue weighted by Gasteiger charge is 2.36. The summed E-state index contributed by atoms with van der Waals surface area (Å²) in [5, 5.41) is 2.79. The average molecular weight is 457 g/mol. The number of nitrogens with zero attached hydrogens (tertiary/aromatic N) is 4. The summed E-state index contributed by atoms with van der Waals surface area (Å²) in [5.41, 5.74) is 0.304. The van der Waals surface area contributed by atoms with Gasteiger partial charge in [-0.05, 0) is 48.5 Å². The van der Waals surface area contributed by atoms with Crippen molar-refractivity contribution in [1.82, 2.24) is 9.97 Å². The molecule has 1 saturated heterocycles. The van der Waals surface area contributed by atoms with Gasteiger partial charge >= 0.3 is 6.18 Å². The number of carbonyl (C=O) groups is 1. The molecule has 33 heavy (non-hydrogen) atoms. The highest BCUT2D eigenvalue weighted by Crippen LogP contribution is 2.35. The van der Waals surface area contributed by atoms with E-state index in [9.17, 15) is 18.0 Å². The van der Waals surface area contributed by atoms with Crippen LogP contribution in [0.4, 0.5) is 30.5 Å². The fraction of sp³-hybridized carbons (Fsp3) is 0.261. The zero-order valence-corrected chi connectivity index (χ0v) is 17.8. The van der Waals surface area contributed by atoms with E-state index in [1.807, 2.05) is 4.90 Å². The lowest BCUT2D eigenvalue weighted by Gasteiger charge is -2.36. The maximum absolute atomic E-state index is 13.3. The van der Waals surface area contributed by atoms with Crippen LogP contribution in [-0.2, 0) is 6.18 Å². The van der Waals surface area contributed by atoms with Crippen LogP contribution in [0.25, 0.3) is 0 Å². The number of methoxy groups -OCH3 is 1. The van der Waals surface area contributed by atoms with Crippen molar-refractivity contribution in [2.75, 3.05) is 48.4 Å². The molecule has 0 atom stereocenters. The molecule has 0 radical (unpaired) electrons. The molecule has 1 fully saturated rings. The second-order valence-corrected chi connectivity index (χ2v) is 7.43. The Morgan fingerprint density at radius 3 is 2.27 bits per heavy atom. The summed E-state index contributed by atoms with van der Waals surface area (Å²) in [6, 6.07) is 12.6. The Hall–Kier alpha value is -3.82. The van der Waals surface area contributed by atoms with Crippen LogP contribution in [-0.4, -0.2) is 49.2 Å². The number of hydrogen-bond donors (Lipinski definition) is 1. The maximum atomic E-state index is 13.3. The molecule has 0 unspecified atom stereocenters. The van der Waals surface area contributed by atoms with Crippen LogP contribution >= 0.6 is 0 Å². The molecule has 1 aliphatic rings. The summed E-state index contributed by atoms with van der Waals surface area (Å²) < 4.78 is 45.0. The van der Waals surface area contributed by atoms with Crippen LogP contribution in [0.15, 0.2) is 60.9 Å². The number of hydrogen-bond acceptors (Lipinski definition) is 6. The molecule has 1 aromatic carbocycles. The van der Waals surface area contributed by atoms with Gasteiger partial charge in [-0.15, -0.1) is 0 Å². The van der Waals surface area contributed by atoms with E-state index < -0.39 is 11.7 Å². The smallest absolute Gasteiger partial charge is 0.419 e. The quantitative estimate of drug-likeness (QED) is 0.623. The predicted molar refractivity (Wildman–Crippen MR) is 119 cm³/mol. The fourth-order valence-electron chi connectivity index (χ4n) is 3.61. The number of ether oxygens (including phenoxy) is 1. The Labute approximate surface area is 188 Å². The summed E-state index contributed by atoms with van der Waals surface area (Å²) in [7, 11) is 1.56. The van der Waals surface area contributed by atoms with Crippen molar-refractivity contribution in [1.29, 1.82) is 0 Å². The van der Waals surface area contributed by atoms with E-state index in [0.717, 1.165) is 6.07 Å². The first kappa shape index (κ1) is 22.4. The summed E-state index contributed by atoms with van der Waals surface area (Å²) in [4.78, 5) is 24.4. The number of nitrogens with one attached hydrogen (secondary N) is 1. The van der Waals surface area contributed by atoms with Gasteiger partial charge in [-0.1, -0.05) is 0 Å². The SMILES string of the molecule is COc1ccc(C(=O)Nc2ccc(N3CCN(c4ncccc4C(F)(F)F)CC3)nc2)cc1. The van der Waals surface area contributed by atoms with Gasteiger partial charge in [-0.2, -0.15) is 13.2 Å². The van der Waals surface area contributed by atoms with Gasteiger partial charge in [0.1, 0.15) is 17.4 Å². The molecule has 2 aromatic heterocycles. The van der Waals surface area contributed by atoms with Crippen LogP contribution in [0.5, 0.6) is 5.75 Å². The summed E-state index contributed by atoms with van der Waals surface area (Å²) in [6.07, 6.45) is -1.52. The lowest BCUT2D eigenvalue weighted by atomic mass is 10.2. The molecule has 1 amide bonds. The minimum absolute atomic E-state index is 0.0470. The Morgan fingerprint density at radius 1 is 0.970 bits per heavy atom. The summed E-state index contributed by atoms with van der Waals surface area (Å²) >= 11 is 0. The van der Waals surface area contributed by atoms with Gasteiger partial charge in [-0.25, -0.2) is 9.97 Å². The fourth-order valence-corrected chi connectivity index (χ4v) is 3.61. The first-order valence-electron chi connectivity index (χ1n) is 10.3. The van der Waals surface area contributed by atoms with Crippen molar-refractivity contribution >= 4 is 23.2 Å². The van der Waals surface area contributed by atoms with Crippen molar-refractivity contribution in [2.24, 2.45) is 0 Å². The van der Waals surface area contributed by atoms with Gasteiger partial charge in [-0.3, -0.25) is 4.79 Å². The minimum atomic E-state index is -4.45. The number of alkyl halides is 3. The van der Waals surface area contributed by atoms with Gasteiger partial charge < -0.3 is 19.9 Å². The normalized spacial score (nSPS) is 14.2. The molecule has 4 rings (SSSR count). The molecule has 0 spiro atoms. The zero-order valence-electron chi connectivity index (χ0n) is 17.8. The number of benzene rings is 1. The maximum Gasteiger partial charge on any atom is 0.419 e. The summed E-state index contributed by atoms with van der Waals surface area (Å²) in [6.45, 7) is 1.77. The highest BCUT2D eigenvalue weighted by molar-refractivity contribution is 6.04. The van der Waals surface area contributed by atoms with Crippen molar-refractivity contribution in [3.8, 4) is 5.75 Å². The number of pyridine rings is 2. The van der Waals surface area contributed by atoms with Crippen molar-refractivity contribution in [3.63, 3.8) is 0 Å². The lowest BCUT2D eigenvalue weighted by Crippen LogP contribution is -2.47. The van der Waals surface area contributed by atoms with Crippen LogP contribution < -0.4 is 19.9 Å². The standard InChI is InChI=1S/C23H22F3N5O2/c1-33-18-7-4-16(5-8-18)22(32)29-17-6-9-20(28-15-17)30-11-13-31(14-12-30)21-19(23(24,25)26)3-2-10-27-21/h2-10,15H,11-14H2,1H3,(H,29,32). The topological polar surface area (TPSA) is 70.6 Å². The first-order chi connectivity index (χ1) is 15.8. The van der Waals surface area contributed by atoms with Crippen LogP contribution in [0.2, 0.25) is 0 Å². The number of piperazine rings is 1. The van der Waals surface area contributed by atoms with Gasteiger partial charge in [0.2, 0.25) is 0 Å². The summed E-state index contributed by atoms with van der Waals surface area (Å²) in [5.74, 6) is 1.04. The molecule has 1 N–H and O–H groups in total. The van der Waals surface area contributed by atoms with E-state index in [-0.39, 0.29) is 11.7 Å². The number of rotatable bonds is 5. The number of aromatic nitrogens is 2. The van der Waals surface area contributed by atoms with E-state index >= 15 is 0 Å². The monoisotopic (exact) mass is 457 g/mol. The second kappa shape index (κ2) is 9.35. The van der Waals surface area contributed by atoms with Gasteiger partial charge in [0.05, 0.1) is 24.6 Å². The molecule has 0 saturated carbocycles. The van der Waals surface area contributed by atoms with Crippen molar-refractivity contribution in [3.05, 3.63) is 72.1 Å². The van der Waals surface area contributed by atoms with Gasteiger partial charge in [0.25, 0.3) is 5.91 Å². The molecular weight excluding hydrogens is 435 g/mol. The Kier molecular flexibility index (Phi) is 6.34. The van der Waals surface area contributed by atoms with Crippen LogP contribution in [0, 0.1) is 0 Å². The van der Waals surface area contributed by atoms with E-state index in [4.69, 9.17) is 4.74 Å². The van der Waals surface area contributed by atoms with Crippen LogP contribution in [0.3, 0.4) is 0 Å². The van der Waals surface area contributed by atoms with Crippen molar-refractivity contribution in [2.45, 2.75) is 6.18 Å². The third-order valence-electron chi connectivity index (χ3n) is 5.35. The third-order valence-corrected chi connectivity index (χ3v) is 5.35. The molecule has 172 valence electrons. The third kappa shape index (κ3) is 5.16. The Bertz CT molecular complexity index is 1100. The Balaban J connectivity index is 1.36. The largest absolute Gasteiger partial charge is 0.497 e. The first-order valence-corrected chi connectivity index (χ1v) is 10.3. The number of anilines is 3. The molecule has 0 bridgehead atoms. The molecular formula is C23H22F3N5O2. The number of amides is 1. The van der Waals surface area contributed by atoms with E-state index in [1.165, 1.54) is 12.3 Å². The van der Waals surface area contributed by atoms with Gasteiger partial charge in [0, 0.05) is 37.9 Å². The number of carbonyl (C=O) groups excluding carboxylic acids is 1. The van der Waals surface area contributed by atoms with Crippen LogP contribution in [0.1, 0.15) is 15.9 Å². The lowest BCUT2D eigenvalue weighted by molar-refractivity contribution is -0.137. The molecule has 10 heteroatoms. The molecule has 3 aromatic rings. The van der Waals surface area contributed by atoms with E-state index in [1.54, 1.807) is 54.6 Å². The van der Waals surface area contributed by atoms with Gasteiger partial charge in [0.15, 0.2) is 0 Å². The Morgan fingerprint density at radius 2 is 1.67 bits per heavy atom. The highest BCUT2D eigenvalue weighted by atomic mass is 19.4. The molecule has 3 heterocycles. The van der Waals surface area contributed by atoms with Crippen molar-refractivity contribution < 1.29 is 22.7 Å². The second-order valence-electron chi connectivity index (χ2n) is 7.43. The zero-order chi connectivity index (χ0) is 23.4. The average Bonchev–Trinajstić information content (AvgIpc) is 2.84. The molecule has 7 nitrogen and oxygen atoms in total. The van der Waals surface area contributed by atoms with E-state index in [2.05, 4.69) is 15.3 Å². The predicted octanol–water partition coefficient (Wildman–Crippen LogP) is 4.08. The van der Waals surface area contributed by atoms with E-state index in [0.29, 0.717) is 49.0 Å². The molecule has 1 aliphatic heterocycles. The number of halogens is 3.